The fraction of sp³-hybridized carbons (Fsp3) is 0.105. The molecule has 1 aliphatic rings. The molecule has 2 aromatic carbocycles. The third-order valence-electron chi connectivity index (χ3n) is 3.78. The van der Waals surface area contributed by atoms with Crippen LogP contribution in [0.15, 0.2) is 66.7 Å². The highest BCUT2D eigenvalue weighted by molar-refractivity contribution is 5.84. The van der Waals surface area contributed by atoms with Crippen LogP contribution >= 0.6 is 0 Å². The molecule has 0 fully saturated rings. The van der Waals surface area contributed by atoms with Crippen LogP contribution in [0.5, 0.6) is 5.88 Å². The van der Waals surface area contributed by atoms with Crippen molar-refractivity contribution in [3.8, 4) is 28.3 Å². The second-order valence-electron chi connectivity index (χ2n) is 5.24. The van der Waals surface area contributed by atoms with Gasteiger partial charge in [0.05, 0.1) is 11.4 Å². The van der Waals surface area contributed by atoms with Gasteiger partial charge < -0.3 is 10.1 Å². The minimum absolute atomic E-state index is 0.652. The minimum atomic E-state index is 0.652. The van der Waals surface area contributed by atoms with Crippen molar-refractivity contribution < 1.29 is 4.74 Å². The van der Waals surface area contributed by atoms with Gasteiger partial charge in [-0.2, -0.15) is 0 Å². The highest BCUT2D eigenvalue weighted by Gasteiger charge is 2.17. The standard InChI is InChI=1S/C19H16N2O/c1-3-7-14(8-4-1)16-13-17-19(22-12-11-20-17)21-18(16)15-9-5-2-6-10-15/h1-10,13,20H,11-12H2. The fourth-order valence-electron chi connectivity index (χ4n) is 2.72. The zero-order chi connectivity index (χ0) is 14.8. The molecule has 0 bridgehead atoms. The van der Waals surface area contributed by atoms with Crippen LogP contribution in [0.25, 0.3) is 22.4 Å². The van der Waals surface area contributed by atoms with Gasteiger partial charge in [0, 0.05) is 17.7 Å². The van der Waals surface area contributed by atoms with E-state index in [9.17, 15) is 0 Å². The van der Waals surface area contributed by atoms with Crippen molar-refractivity contribution in [3.05, 3.63) is 66.7 Å². The summed E-state index contributed by atoms with van der Waals surface area (Å²) >= 11 is 0. The molecule has 0 saturated heterocycles. The molecule has 1 N–H and O–H groups in total. The average Bonchev–Trinajstić information content (AvgIpc) is 2.62. The number of ether oxygens (including phenoxy) is 1. The molecule has 3 heteroatoms. The molecule has 108 valence electrons. The topological polar surface area (TPSA) is 34.1 Å². The van der Waals surface area contributed by atoms with Gasteiger partial charge in [-0.15, -0.1) is 0 Å². The van der Waals surface area contributed by atoms with E-state index < -0.39 is 0 Å². The first-order chi connectivity index (χ1) is 10.9. The molecule has 0 saturated carbocycles. The molecule has 22 heavy (non-hydrogen) atoms. The number of hydrogen-bond acceptors (Lipinski definition) is 3. The van der Waals surface area contributed by atoms with Crippen LogP contribution in [-0.4, -0.2) is 18.1 Å². The Kier molecular flexibility index (Phi) is 3.24. The third kappa shape index (κ3) is 2.31. The molecule has 0 unspecified atom stereocenters. The molecule has 0 spiro atoms. The van der Waals surface area contributed by atoms with Crippen LogP contribution < -0.4 is 10.1 Å². The number of pyridine rings is 1. The number of anilines is 1. The van der Waals surface area contributed by atoms with E-state index in [2.05, 4.69) is 35.6 Å². The number of nitrogens with zero attached hydrogens (tertiary/aromatic N) is 1. The maximum absolute atomic E-state index is 5.70. The first-order valence-corrected chi connectivity index (χ1v) is 7.44. The highest BCUT2D eigenvalue weighted by atomic mass is 16.5. The largest absolute Gasteiger partial charge is 0.474 e. The first kappa shape index (κ1) is 12.9. The Balaban J connectivity index is 1.95. The average molecular weight is 288 g/mol. The van der Waals surface area contributed by atoms with Crippen LogP contribution in [0, 0.1) is 0 Å². The second kappa shape index (κ2) is 5.53. The first-order valence-electron chi connectivity index (χ1n) is 7.44. The van der Waals surface area contributed by atoms with Gasteiger partial charge in [0.2, 0.25) is 5.88 Å². The van der Waals surface area contributed by atoms with E-state index in [4.69, 9.17) is 9.72 Å². The van der Waals surface area contributed by atoms with Gasteiger partial charge in [-0.25, -0.2) is 4.98 Å². The molecule has 0 amide bonds. The molecule has 0 radical (unpaired) electrons. The zero-order valence-electron chi connectivity index (χ0n) is 12.1. The molecule has 2 heterocycles. The molecule has 1 aliphatic heterocycles. The van der Waals surface area contributed by atoms with E-state index in [-0.39, 0.29) is 0 Å². The molecule has 0 aliphatic carbocycles. The Hall–Kier alpha value is -2.81. The minimum Gasteiger partial charge on any atom is -0.474 e. The fourth-order valence-corrected chi connectivity index (χ4v) is 2.72. The molecule has 4 rings (SSSR count). The monoisotopic (exact) mass is 288 g/mol. The lowest BCUT2D eigenvalue weighted by Gasteiger charge is -2.21. The van der Waals surface area contributed by atoms with Gasteiger partial charge in [0.15, 0.2) is 0 Å². The van der Waals surface area contributed by atoms with Gasteiger partial charge in [0.1, 0.15) is 6.61 Å². The van der Waals surface area contributed by atoms with Crippen molar-refractivity contribution in [2.24, 2.45) is 0 Å². The van der Waals surface area contributed by atoms with Crippen LogP contribution in [-0.2, 0) is 0 Å². The maximum atomic E-state index is 5.70. The second-order valence-corrected chi connectivity index (χ2v) is 5.24. The number of hydrogen-bond donors (Lipinski definition) is 1. The van der Waals surface area contributed by atoms with Gasteiger partial charge in [0.25, 0.3) is 0 Å². The zero-order valence-corrected chi connectivity index (χ0v) is 12.1. The predicted octanol–water partition coefficient (Wildman–Crippen LogP) is 4.22. The highest BCUT2D eigenvalue weighted by Crippen LogP contribution is 2.37. The van der Waals surface area contributed by atoms with Crippen LogP contribution in [0.1, 0.15) is 0 Å². The summed E-state index contributed by atoms with van der Waals surface area (Å²) in [7, 11) is 0. The predicted molar refractivity (Wildman–Crippen MR) is 89.1 cm³/mol. The van der Waals surface area contributed by atoms with Crippen LogP contribution in [0.4, 0.5) is 5.69 Å². The van der Waals surface area contributed by atoms with Crippen LogP contribution in [0.3, 0.4) is 0 Å². The van der Waals surface area contributed by atoms with Crippen molar-refractivity contribution in [1.82, 2.24) is 4.98 Å². The lowest BCUT2D eigenvalue weighted by Crippen LogP contribution is -2.19. The number of benzene rings is 2. The number of aromatic nitrogens is 1. The van der Waals surface area contributed by atoms with Gasteiger partial charge in [-0.1, -0.05) is 60.7 Å². The summed E-state index contributed by atoms with van der Waals surface area (Å²) in [5.74, 6) is 0.685. The number of nitrogens with one attached hydrogen (secondary N) is 1. The van der Waals surface area contributed by atoms with Gasteiger partial charge in [-0.05, 0) is 11.6 Å². The number of fused-ring (bicyclic) bond motifs is 1. The lowest BCUT2D eigenvalue weighted by molar-refractivity contribution is 0.311. The smallest absolute Gasteiger partial charge is 0.238 e. The van der Waals surface area contributed by atoms with Crippen molar-refractivity contribution in [2.75, 3.05) is 18.5 Å². The van der Waals surface area contributed by atoms with E-state index in [1.165, 1.54) is 0 Å². The summed E-state index contributed by atoms with van der Waals surface area (Å²) in [4.78, 5) is 4.78. The van der Waals surface area contributed by atoms with E-state index >= 15 is 0 Å². The van der Waals surface area contributed by atoms with Crippen LogP contribution in [0.2, 0.25) is 0 Å². The van der Waals surface area contributed by atoms with Crippen molar-refractivity contribution >= 4 is 5.69 Å². The quantitative estimate of drug-likeness (QED) is 0.766. The number of rotatable bonds is 2. The summed E-state index contributed by atoms with van der Waals surface area (Å²) in [6, 6.07) is 22.7. The summed E-state index contributed by atoms with van der Waals surface area (Å²) in [6.07, 6.45) is 0. The van der Waals surface area contributed by atoms with Crippen molar-refractivity contribution in [2.45, 2.75) is 0 Å². The van der Waals surface area contributed by atoms with E-state index in [0.29, 0.717) is 12.5 Å². The Morgan fingerprint density at radius 2 is 1.55 bits per heavy atom. The van der Waals surface area contributed by atoms with Crippen molar-refractivity contribution in [3.63, 3.8) is 0 Å². The van der Waals surface area contributed by atoms with Gasteiger partial charge in [-0.3, -0.25) is 0 Å². The SMILES string of the molecule is c1ccc(-c2cc3c(nc2-c2ccccc2)OCCN3)cc1. The molecule has 3 nitrogen and oxygen atoms in total. The van der Waals surface area contributed by atoms with E-state index in [0.717, 1.165) is 34.6 Å². The lowest BCUT2D eigenvalue weighted by atomic mass is 9.98. The Morgan fingerprint density at radius 1 is 0.864 bits per heavy atom. The summed E-state index contributed by atoms with van der Waals surface area (Å²) in [6.45, 7) is 1.46. The van der Waals surface area contributed by atoms with E-state index in [1.54, 1.807) is 0 Å². The molecular weight excluding hydrogens is 272 g/mol. The Morgan fingerprint density at radius 3 is 2.27 bits per heavy atom. The molecule has 1 aromatic heterocycles. The molecular formula is C19H16N2O. The third-order valence-corrected chi connectivity index (χ3v) is 3.78. The van der Waals surface area contributed by atoms with Crippen molar-refractivity contribution in [1.29, 1.82) is 0 Å². The molecule has 0 atom stereocenters. The molecule has 3 aromatic rings. The maximum Gasteiger partial charge on any atom is 0.238 e. The van der Waals surface area contributed by atoms with E-state index in [1.807, 2.05) is 36.4 Å². The van der Waals surface area contributed by atoms with Gasteiger partial charge >= 0.3 is 0 Å². The summed E-state index contributed by atoms with van der Waals surface area (Å²) in [5, 5.41) is 3.36. The Labute approximate surface area is 129 Å². The Bertz CT molecular complexity index is 717. The summed E-state index contributed by atoms with van der Waals surface area (Å²) < 4.78 is 5.70. The summed E-state index contributed by atoms with van der Waals surface area (Å²) in [5.41, 5.74) is 5.28. The normalized spacial score (nSPS) is 12.9.